The average Bonchev–Trinajstić information content (AvgIpc) is 2.49. The lowest BCUT2D eigenvalue weighted by atomic mass is 10.1. The van der Waals surface area contributed by atoms with Crippen LogP contribution < -0.4 is 15.8 Å². The highest BCUT2D eigenvalue weighted by molar-refractivity contribution is 5.66. The van der Waals surface area contributed by atoms with Crippen LogP contribution >= 0.6 is 0 Å². The van der Waals surface area contributed by atoms with Crippen LogP contribution in [0.25, 0.3) is 0 Å². The molecule has 0 radical (unpaired) electrons. The van der Waals surface area contributed by atoms with E-state index in [1.807, 2.05) is 0 Å². The second kappa shape index (κ2) is 7.47. The van der Waals surface area contributed by atoms with Gasteiger partial charge >= 0.3 is 0 Å². The third kappa shape index (κ3) is 4.34. The first-order chi connectivity index (χ1) is 10.2. The van der Waals surface area contributed by atoms with E-state index in [0.29, 0.717) is 30.5 Å². The molecule has 0 aliphatic carbocycles. The lowest BCUT2D eigenvalue weighted by molar-refractivity contribution is 0.299. The molecule has 3 N–H and O–H groups in total. The van der Waals surface area contributed by atoms with Gasteiger partial charge in [0.25, 0.3) is 0 Å². The van der Waals surface area contributed by atoms with Crippen molar-refractivity contribution in [3.8, 4) is 5.88 Å². The van der Waals surface area contributed by atoms with Gasteiger partial charge in [-0.1, -0.05) is 43.2 Å². The fourth-order valence-electron chi connectivity index (χ4n) is 1.84. The van der Waals surface area contributed by atoms with Crippen LogP contribution in [0.2, 0.25) is 0 Å². The average molecular weight is 286 g/mol. The molecule has 0 saturated heterocycles. The fourth-order valence-corrected chi connectivity index (χ4v) is 1.84. The Morgan fingerprint density at radius 1 is 1.19 bits per heavy atom. The predicted molar refractivity (Wildman–Crippen MR) is 85.4 cm³/mol. The maximum Gasteiger partial charge on any atom is 0.242 e. The summed E-state index contributed by atoms with van der Waals surface area (Å²) in [6.45, 7) is 5.46. The van der Waals surface area contributed by atoms with E-state index in [2.05, 4.69) is 53.4 Å². The normalized spacial score (nSPS) is 10.4. The Balaban J connectivity index is 1.99. The Labute approximate surface area is 125 Å². The van der Waals surface area contributed by atoms with Crippen LogP contribution in [0.3, 0.4) is 0 Å². The van der Waals surface area contributed by atoms with Crippen molar-refractivity contribution < 1.29 is 4.74 Å². The molecular formula is C16H22N4O. The molecule has 0 aliphatic rings. The summed E-state index contributed by atoms with van der Waals surface area (Å²) in [5, 5.41) is 3.22. The molecule has 2 rings (SSSR count). The molecule has 0 amide bonds. The van der Waals surface area contributed by atoms with E-state index in [1.54, 1.807) is 0 Å². The molecule has 1 aromatic heterocycles. The van der Waals surface area contributed by atoms with E-state index in [-0.39, 0.29) is 0 Å². The lowest BCUT2D eigenvalue weighted by Gasteiger charge is -2.11. The van der Waals surface area contributed by atoms with Gasteiger partial charge in [0.1, 0.15) is 12.0 Å². The number of benzene rings is 1. The molecule has 0 fully saturated rings. The zero-order valence-corrected chi connectivity index (χ0v) is 12.6. The number of nitrogens with one attached hydrogen (secondary N) is 1. The lowest BCUT2D eigenvalue weighted by Crippen LogP contribution is -2.08. The number of nitrogens with zero attached hydrogens (tertiary/aromatic N) is 2. The third-order valence-corrected chi connectivity index (χ3v) is 3.16. The number of anilines is 2. The zero-order valence-electron chi connectivity index (χ0n) is 12.6. The van der Waals surface area contributed by atoms with Crippen molar-refractivity contribution in [1.82, 2.24) is 9.97 Å². The molecular weight excluding hydrogens is 264 g/mol. The Hall–Kier alpha value is -2.30. The first kappa shape index (κ1) is 15.1. The van der Waals surface area contributed by atoms with Crippen LogP contribution in [0.4, 0.5) is 11.5 Å². The van der Waals surface area contributed by atoms with Gasteiger partial charge in [-0.2, -0.15) is 4.98 Å². The molecule has 0 bridgehead atoms. The minimum absolute atomic E-state index is 0.449. The summed E-state index contributed by atoms with van der Waals surface area (Å²) in [6, 6.07) is 8.33. The number of aryl methyl sites for hydroxylation is 1. The molecule has 1 heterocycles. The van der Waals surface area contributed by atoms with E-state index in [4.69, 9.17) is 10.5 Å². The molecule has 5 nitrogen and oxygen atoms in total. The molecule has 5 heteroatoms. The minimum atomic E-state index is 0.449. The summed E-state index contributed by atoms with van der Waals surface area (Å²) < 4.78 is 5.57. The molecule has 1 aromatic carbocycles. The number of hydrogen-bond acceptors (Lipinski definition) is 5. The summed E-state index contributed by atoms with van der Waals surface area (Å²) in [4.78, 5) is 8.25. The number of hydrogen-bond donors (Lipinski definition) is 2. The van der Waals surface area contributed by atoms with E-state index < -0.39 is 0 Å². The van der Waals surface area contributed by atoms with Crippen molar-refractivity contribution in [2.75, 3.05) is 17.7 Å². The topological polar surface area (TPSA) is 73.1 Å². The molecule has 21 heavy (non-hydrogen) atoms. The zero-order chi connectivity index (χ0) is 15.1. The van der Waals surface area contributed by atoms with Crippen LogP contribution in [0, 0.1) is 6.92 Å². The van der Waals surface area contributed by atoms with Gasteiger partial charge in [0.15, 0.2) is 5.82 Å². The highest BCUT2D eigenvalue weighted by Gasteiger charge is 2.08. The maximum absolute atomic E-state index is 6.04. The Bertz CT molecular complexity index is 569. The van der Waals surface area contributed by atoms with Crippen molar-refractivity contribution in [3.05, 3.63) is 41.7 Å². The van der Waals surface area contributed by atoms with Crippen molar-refractivity contribution in [2.45, 2.75) is 33.2 Å². The molecule has 2 aromatic rings. The van der Waals surface area contributed by atoms with Gasteiger partial charge in [-0.25, -0.2) is 4.98 Å². The van der Waals surface area contributed by atoms with Crippen LogP contribution in [0.15, 0.2) is 30.6 Å². The Kier molecular flexibility index (Phi) is 5.37. The van der Waals surface area contributed by atoms with Crippen LogP contribution in [0.5, 0.6) is 5.88 Å². The first-order valence-electron chi connectivity index (χ1n) is 7.23. The number of ether oxygens (including phenoxy) is 1. The number of nitrogens with two attached hydrogens (primary N) is 1. The Morgan fingerprint density at radius 3 is 2.67 bits per heavy atom. The summed E-state index contributed by atoms with van der Waals surface area (Å²) >= 11 is 0. The van der Waals surface area contributed by atoms with Crippen molar-refractivity contribution in [2.24, 2.45) is 0 Å². The number of nitrogen functional groups attached to an aromatic ring is 1. The fraction of sp³-hybridized carbons (Fsp3) is 0.375. The highest BCUT2D eigenvalue weighted by atomic mass is 16.5. The number of aromatic nitrogens is 2. The molecule has 0 saturated carbocycles. The highest BCUT2D eigenvalue weighted by Crippen LogP contribution is 2.25. The number of rotatable bonds is 7. The van der Waals surface area contributed by atoms with Gasteiger partial charge in [-0.15, -0.1) is 0 Å². The summed E-state index contributed by atoms with van der Waals surface area (Å²) in [5.74, 6) is 1.06. The van der Waals surface area contributed by atoms with Gasteiger partial charge in [-0.3, -0.25) is 0 Å². The molecule has 0 spiro atoms. The Morgan fingerprint density at radius 2 is 1.95 bits per heavy atom. The summed E-state index contributed by atoms with van der Waals surface area (Å²) in [6.07, 6.45) is 3.52. The van der Waals surface area contributed by atoms with Crippen molar-refractivity contribution in [1.29, 1.82) is 0 Å². The summed E-state index contributed by atoms with van der Waals surface area (Å²) in [5.41, 5.74) is 8.92. The minimum Gasteiger partial charge on any atom is -0.476 e. The van der Waals surface area contributed by atoms with Crippen LogP contribution in [-0.4, -0.2) is 16.6 Å². The van der Waals surface area contributed by atoms with Gasteiger partial charge in [0.2, 0.25) is 5.88 Å². The van der Waals surface area contributed by atoms with Crippen LogP contribution in [0.1, 0.15) is 30.9 Å². The standard InChI is InChI=1S/C16H22N4O/c1-3-4-9-21-16-14(17)15(19-11-20-16)18-10-13-7-5-12(2)6-8-13/h5-8,11H,3-4,9-10,17H2,1-2H3,(H,18,19,20). The van der Waals surface area contributed by atoms with Crippen LogP contribution in [-0.2, 0) is 6.54 Å². The van der Waals surface area contributed by atoms with Gasteiger partial charge in [0.05, 0.1) is 6.61 Å². The van der Waals surface area contributed by atoms with E-state index in [0.717, 1.165) is 12.8 Å². The van der Waals surface area contributed by atoms with E-state index in [9.17, 15) is 0 Å². The monoisotopic (exact) mass is 286 g/mol. The van der Waals surface area contributed by atoms with Crippen molar-refractivity contribution in [3.63, 3.8) is 0 Å². The first-order valence-corrected chi connectivity index (χ1v) is 7.23. The van der Waals surface area contributed by atoms with E-state index >= 15 is 0 Å². The van der Waals surface area contributed by atoms with Gasteiger partial charge in [-0.05, 0) is 18.9 Å². The van der Waals surface area contributed by atoms with Gasteiger partial charge in [0, 0.05) is 6.54 Å². The second-order valence-corrected chi connectivity index (χ2v) is 4.98. The smallest absolute Gasteiger partial charge is 0.242 e. The van der Waals surface area contributed by atoms with Gasteiger partial charge < -0.3 is 15.8 Å². The third-order valence-electron chi connectivity index (χ3n) is 3.16. The van der Waals surface area contributed by atoms with Crippen molar-refractivity contribution >= 4 is 11.5 Å². The SMILES string of the molecule is CCCCOc1ncnc(NCc2ccc(C)cc2)c1N. The molecule has 0 aliphatic heterocycles. The quantitative estimate of drug-likeness (QED) is 0.765. The largest absolute Gasteiger partial charge is 0.476 e. The summed E-state index contributed by atoms with van der Waals surface area (Å²) in [7, 11) is 0. The number of unbranched alkanes of at least 4 members (excludes halogenated alkanes) is 1. The second-order valence-electron chi connectivity index (χ2n) is 4.98. The maximum atomic E-state index is 6.04. The van der Waals surface area contributed by atoms with E-state index in [1.165, 1.54) is 17.5 Å². The molecule has 112 valence electrons. The molecule has 0 unspecified atom stereocenters. The predicted octanol–water partition coefficient (Wildman–Crippen LogP) is 3.16. The molecule has 0 atom stereocenters.